The second kappa shape index (κ2) is 5.71. The molecule has 0 radical (unpaired) electrons. The van der Waals surface area contributed by atoms with Crippen molar-refractivity contribution in [3.8, 4) is 0 Å². The number of aromatic nitrogens is 2. The van der Waals surface area contributed by atoms with Crippen molar-refractivity contribution in [1.82, 2.24) is 15.6 Å². The van der Waals surface area contributed by atoms with Crippen molar-refractivity contribution in [2.24, 2.45) is 5.84 Å². The molecule has 1 atom stereocenters. The van der Waals surface area contributed by atoms with Crippen molar-refractivity contribution < 1.29 is 0 Å². The number of hydrogen-bond acceptors (Lipinski definition) is 4. The van der Waals surface area contributed by atoms with Crippen LogP contribution in [0.5, 0.6) is 0 Å². The van der Waals surface area contributed by atoms with E-state index in [1.165, 1.54) is 16.7 Å². The SMILES string of the molecule is Cc1ccc(CC(NN)c2ccnnc2)cc1C. The number of nitrogens with one attached hydrogen (secondary N) is 1. The normalized spacial score (nSPS) is 12.4. The summed E-state index contributed by atoms with van der Waals surface area (Å²) >= 11 is 0. The molecular formula is C14H18N4. The quantitative estimate of drug-likeness (QED) is 0.634. The molecule has 1 unspecified atom stereocenters. The second-order valence-electron chi connectivity index (χ2n) is 4.52. The minimum Gasteiger partial charge on any atom is -0.271 e. The Balaban J connectivity index is 2.18. The summed E-state index contributed by atoms with van der Waals surface area (Å²) in [5.74, 6) is 5.62. The average Bonchev–Trinajstić information content (AvgIpc) is 2.41. The summed E-state index contributed by atoms with van der Waals surface area (Å²) in [4.78, 5) is 0. The number of hydrazine groups is 1. The molecule has 0 fully saturated rings. The van der Waals surface area contributed by atoms with Gasteiger partial charge in [-0.25, -0.2) is 0 Å². The molecule has 0 aliphatic carbocycles. The van der Waals surface area contributed by atoms with Crippen LogP contribution >= 0.6 is 0 Å². The first-order valence-corrected chi connectivity index (χ1v) is 5.99. The Morgan fingerprint density at radius 1 is 1.17 bits per heavy atom. The van der Waals surface area contributed by atoms with E-state index in [9.17, 15) is 0 Å². The zero-order chi connectivity index (χ0) is 13.0. The van der Waals surface area contributed by atoms with Crippen LogP contribution in [-0.4, -0.2) is 10.2 Å². The van der Waals surface area contributed by atoms with E-state index < -0.39 is 0 Å². The van der Waals surface area contributed by atoms with E-state index in [0.717, 1.165) is 12.0 Å². The fourth-order valence-electron chi connectivity index (χ4n) is 1.95. The summed E-state index contributed by atoms with van der Waals surface area (Å²) in [7, 11) is 0. The van der Waals surface area contributed by atoms with Gasteiger partial charge in [0.25, 0.3) is 0 Å². The molecule has 4 nitrogen and oxygen atoms in total. The van der Waals surface area contributed by atoms with Crippen molar-refractivity contribution in [2.45, 2.75) is 26.3 Å². The lowest BCUT2D eigenvalue weighted by molar-refractivity contribution is 0.548. The van der Waals surface area contributed by atoms with Crippen molar-refractivity contribution >= 4 is 0 Å². The molecule has 94 valence electrons. The van der Waals surface area contributed by atoms with E-state index in [2.05, 4.69) is 47.7 Å². The van der Waals surface area contributed by atoms with Gasteiger partial charge >= 0.3 is 0 Å². The van der Waals surface area contributed by atoms with E-state index in [-0.39, 0.29) is 6.04 Å². The van der Waals surface area contributed by atoms with Crippen LogP contribution in [0.2, 0.25) is 0 Å². The van der Waals surface area contributed by atoms with E-state index >= 15 is 0 Å². The number of benzene rings is 1. The van der Waals surface area contributed by atoms with Crippen LogP contribution in [0.4, 0.5) is 0 Å². The molecule has 2 aromatic rings. The molecule has 1 aromatic carbocycles. The summed E-state index contributed by atoms with van der Waals surface area (Å²) < 4.78 is 0. The maximum Gasteiger partial charge on any atom is 0.0544 e. The molecule has 1 heterocycles. The van der Waals surface area contributed by atoms with Crippen LogP contribution in [0, 0.1) is 13.8 Å². The minimum atomic E-state index is 0.0580. The topological polar surface area (TPSA) is 63.8 Å². The molecule has 0 aliphatic heterocycles. The molecule has 18 heavy (non-hydrogen) atoms. The molecular weight excluding hydrogens is 224 g/mol. The molecule has 0 spiro atoms. The van der Waals surface area contributed by atoms with Crippen LogP contribution in [0.1, 0.15) is 28.3 Å². The van der Waals surface area contributed by atoms with Crippen LogP contribution < -0.4 is 11.3 Å². The molecule has 1 aromatic heterocycles. The van der Waals surface area contributed by atoms with Gasteiger partial charge in [-0.1, -0.05) is 18.2 Å². The highest BCUT2D eigenvalue weighted by Crippen LogP contribution is 2.18. The maximum atomic E-state index is 5.62. The molecule has 0 saturated heterocycles. The Kier molecular flexibility index (Phi) is 4.02. The van der Waals surface area contributed by atoms with Gasteiger partial charge in [0, 0.05) is 6.20 Å². The van der Waals surface area contributed by atoms with Crippen LogP contribution in [0.15, 0.2) is 36.7 Å². The average molecular weight is 242 g/mol. The Hall–Kier alpha value is -1.78. The lowest BCUT2D eigenvalue weighted by Gasteiger charge is -2.16. The monoisotopic (exact) mass is 242 g/mol. The van der Waals surface area contributed by atoms with Gasteiger partial charge in [0.15, 0.2) is 0 Å². The molecule has 0 amide bonds. The smallest absolute Gasteiger partial charge is 0.0544 e. The number of rotatable bonds is 4. The summed E-state index contributed by atoms with van der Waals surface area (Å²) in [6, 6.07) is 8.47. The third kappa shape index (κ3) is 2.91. The maximum absolute atomic E-state index is 5.62. The standard InChI is InChI=1S/C14H18N4/c1-10-3-4-12(7-11(10)2)8-14(18-15)13-5-6-16-17-9-13/h3-7,9,14,18H,8,15H2,1-2H3. The van der Waals surface area contributed by atoms with Crippen LogP contribution in [0.25, 0.3) is 0 Å². The third-order valence-electron chi connectivity index (χ3n) is 3.22. The first-order chi connectivity index (χ1) is 8.70. The van der Waals surface area contributed by atoms with Gasteiger partial charge in [0.1, 0.15) is 0 Å². The van der Waals surface area contributed by atoms with Crippen molar-refractivity contribution in [2.75, 3.05) is 0 Å². The lowest BCUT2D eigenvalue weighted by atomic mass is 9.98. The van der Waals surface area contributed by atoms with Gasteiger partial charge in [-0.3, -0.25) is 11.3 Å². The van der Waals surface area contributed by atoms with E-state index in [1.54, 1.807) is 12.4 Å². The van der Waals surface area contributed by atoms with Gasteiger partial charge in [0.2, 0.25) is 0 Å². The minimum absolute atomic E-state index is 0.0580. The van der Waals surface area contributed by atoms with E-state index in [4.69, 9.17) is 5.84 Å². The summed E-state index contributed by atoms with van der Waals surface area (Å²) in [6.45, 7) is 4.24. The number of nitrogens with two attached hydrogens (primary N) is 1. The molecule has 0 saturated carbocycles. The third-order valence-corrected chi connectivity index (χ3v) is 3.22. The second-order valence-corrected chi connectivity index (χ2v) is 4.52. The van der Waals surface area contributed by atoms with Crippen molar-refractivity contribution in [3.63, 3.8) is 0 Å². The molecule has 0 bridgehead atoms. The first-order valence-electron chi connectivity index (χ1n) is 5.99. The first kappa shape index (κ1) is 12.7. The predicted octanol–water partition coefficient (Wildman–Crippen LogP) is 1.84. The van der Waals surface area contributed by atoms with Crippen LogP contribution in [-0.2, 0) is 6.42 Å². The summed E-state index contributed by atoms with van der Waals surface area (Å²) in [5, 5.41) is 7.66. The molecule has 2 rings (SSSR count). The highest BCUT2D eigenvalue weighted by Gasteiger charge is 2.11. The molecule has 4 heteroatoms. The Labute approximate surface area is 107 Å². The zero-order valence-corrected chi connectivity index (χ0v) is 10.7. The Bertz CT molecular complexity index is 510. The van der Waals surface area contributed by atoms with E-state index in [1.807, 2.05) is 6.07 Å². The number of nitrogens with zero attached hydrogens (tertiary/aromatic N) is 2. The van der Waals surface area contributed by atoms with Gasteiger partial charge in [-0.2, -0.15) is 10.2 Å². The zero-order valence-electron chi connectivity index (χ0n) is 10.7. The van der Waals surface area contributed by atoms with Gasteiger partial charge in [0.05, 0.1) is 12.2 Å². The highest BCUT2D eigenvalue weighted by atomic mass is 15.2. The van der Waals surface area contributed by atoms with Gasteiger partial charge in [-0.15, -0.1) is 0 Å². The largest absolute Gasteiger partial charge is 0.271 e. The fraction of sp³-hybridized carbons (Fsp3) is 0.286. The van der Waals surface area contributed by atoms with Crippen molar-refractivity contribution in [1.29, 1.82) is 0 Å². The van der Waals surface area contributed by atoms with Crippen molar-refractivity contribution in [3.05, 3.63) is 58.9 Å². The number of aryl methyl sites for hydroxylation is 2. The summed E-state index contributed by atoms with van der Waals surface area (Å²) in [5.41, 5.74) is 7.75. The Morgan fingerprint density at radius 2 is 2.00 bits per heavy atom. The number of hydrogen-bond donors (Lipinski definition) is 2. The van der Waals surface area contributed by atoms with E-state index in [0.29, 0.717) is 0 Å². The van der Waals surface area contributed by atoms with Gasteiger partial charge in [-0.05, 0) is 48.6 Å². The Morgan fingerprint density at radius 3 is 2.61 bits per heavy atom. The van der Waals surface area contributed by atoms with Gasteiger partial charge < -0.3 is 0 Å². The summed E-state index contributed by atoms with van der Waals surface area (Å²) in [6.07, 6.45) is 4.26. The molecule has 0 aliphatic rings. The van der Waals surface area contributed by atoms with Crippen LogP contribution in [0.3, 0.4) is 0 Å². The molecule has 3 N–H and O–H groups in total. The lowest BCUT2D eigenvalue weighted by Crippen LogP contribution is -2.29. The fourth-order valence-corrected chi connectivity index (χ4v) is 1.95. The highest BCUT2D eigenvalue weighted by molar-refractivity contribution is 5.31. The predicted molar refractivity (Wildman–Crippen MR) is 71.7 cm³/mol.